The third kappa shape index (κ3) is 13.8. The molecular weight excluding hydrogens is 340 g/mol. The number of rotatable bonds is 19. The summed E-state index contributed by atoms with van der Waals surface area (Å²) >= 11 is 0. The minimum atomic E-state index is -0.144. The zero-order valence-corrected chi connectivity index (χ0v) is 20.0. The smallest absolute Gasteiger partial charge is 0.138 e. The highest BCUT2D eigenvalue weighted by Gasteiger charge is 2.34. The largest absolute Gasteiger partial charge is 0.299 e. The van der Waals surface area contributed by atoms with Crippen LogP contribution in [0.3, 0.4) is 0 Å². The lowest BCUT2D eigenvalue weighted by molar-refractivity contribution is -0.126. The second kappa shape index (κ2) is 15.5. The quantitative estimate of drug-likeness (QED) is 0.200. The standard InChI is InChI=1S/C27H52O/c1-5-6-7-8-9-11-14-17-20-24-23-25(24)21-18-15-12-10-13-16-19-22-26(28)27(2,3)4/h24-25H,5-23H2,1-4H3. The Bertz CT molecular complexity index is 378. The molecule has 1 fully saturated rings. The second-order valence-corrected chi connectivity index (χ2v) is 10.7. The first-order chi connectivity index (χ1) is 13.4. The first-order valence-corrected chi connectivity index (χ1v) is 13.0. The lowest BCUT2D eigenvalue weighted by atomic mass is 9.88. The molecule has 0 bridgehead atoms. The Morgan fingerprint density at radius 3 is 1.46 bits per heavy atom. The third-order valence-electron chi connectivity index (χ3n) is 6.81. The molecule has 0 N–H and O–H groups in total. The number of hydrogen-bond acceptors (Lipinski definition) is 1. The molecule has 1 nitrogen and oxygen atoms in total. The molecule has 1 saturated carbocycles. The Balaban J connectivity index is 1.77. The first-order valence-electron chi connectivity index (χ1n) is 13.0. The maximum atomic E-state index is 11.9. The summed E-state index contributed by atoms with van der Waals surface area (Å²) in [6, 6.07) is 0. The van der Waals surface area contributed by atoms with Crippen molar-refractivity contribution in [3.63, 3.8) is 0 Å². The van der Waals surface area contributed by atoms with E-state index in [0.29, 0.717) is 5.78 Å². The van der Waals surface area contributed by atoms with Crippen LogP contribution in [0.4, 0.5) is 0 Å². The molecule has 2 unspecified atom stereocenters. The van der Waals surface area contributed by atoms with Crippen molar-refractivity contribution in [3.05, 3.63) is 0 Å². The van der Waals surface area contributed by atoms with E-state index in [9.17, 15) is 4.79 Å². The summed E-state index contributed by atoms with van der Waals surface area (Å²) in [6.07, 6.45) is 26.3. The Morgan fingerprint density at radius 1 is 0.643 bits per heavy atom. The highest BCUT2D eigenvalue weighted by atomic mass is 16.1. The number of ketones is 1. The number of carbonyl (C=O) groups is 1. The van der Waals surface area contributed by atoms with Crippen LogP contribution in [0.25, 0.3) is 0 Å². The summed E-state index contributed by atoms with van der Waals surface area (Å²) in [5.74, 6) is 2.62. The fourth-order valence-electron chi connectivity index (χ4n) is 4.51. The number of unbranched alkanes of at least 4 members (excludes halogenated alkanes) is 13. The minimum absolute atomic E-state index is 0.144. The molecule has 166 valence electrons. The minimum Gasteiger partial charge on any atom is -0.299 e. The highest BCUT2D eigenvalue weighted by molar-refractivity contribution is 5.83. The molecule has 0 amide bonds. The van der Waals surface area contributed by atoms with Crippen molar-refractivity contribution >= 4 is 5.78 Å². The molecule has 1 heteroatoms. The van der Waals surface area contributed by atoms with E-state index in [1.54, 1.807) is 0 Å². The van der Waals surface area contributed by atoms with Crippen molar-refractivity contribution in [2.75, 3.05) is 0 Å². The van der Waals surface area contributed by atoms with Gasteiger partial charge in [-0.25, -0.2) is 0 Å². The predicted molar refractivity (Wildman–Crippen MR) is 125 cm³/mol. The molecule has 0 aromatic rings. The van der Waals surface area contributed by atoms with E-state index in [4.69, 9.17) is 0 Å². The van der Waals surface area contributed by atoms with Gasteiger partial charge < -0.3 is 0 Å². The summed E-state index contributed by atoms with van der Waals surface area (Å²) in [6.45, 7) is 8.41. The van der Waals surface area contributed by atoms with Gasteiger partial charge in [-0.15, -0.1) is 0 Å². The van der Waals surface area contributed by atoms with Crippen molar-refractivity contribution in [3.8, 4) is 0 Å². The molecule has 28 heavy (non-hydrogen) atoms. The average molecular weight is 393 g/mol. The van der Waals surface area contributed by atoms with Gasteiger partial charge in [0.2, 0.25) is 0 Å². The zero-order valence-electron chi connectivity index (χ0n) is 20.0. The van der Waals surface area contributed by atoms with E-state index >= 15 is 0 Å². The molecule has 1 aliphatic carbocycles. The second-order valence-electron chi connectivity index (χ2n) is 10.7. The maximum absolute atomic E-state index is 11.9. The molecule has 0 aliphatic heterocycles. The van der Waals surface area contributed by atoms with Crippen LogP contribution in [0.5, 0.6) is 0 Å². The molecule has 0 heterocycles. The number of carbonyl (C=O) groups excluding carboxylic acids is 1. The molecular formula is C27H52O. The van der Waals surface area contributed by atoms with E-state index < -0.39 is 0 Å². The van der Waals surface area contributed by atoms with Gasteiger partial charge in [-0.3, -0.25) is 4.79 Å². The van der Waals surface area contributed by atoms with Gasteiger partial charge in [0.1, 0.15) is 5.78 Å². The van der Waals surface area contributed by atoms with Gasteiger partial charge in [0.05, 0.1) is 0 Å². The predicted octanol–water partition coefficient (Wildman–Crippen LogP) is 9.28. The lowest BCUT2D eigenvalue weighted by Gasteiger charge is -2.16. The molecule has 0 spiro atoms. The molecule has 1 rings (SSSR count). The van der Waals surface area contributed by atoms with Crippen LogP contribution in [0.15, 0.2) is 0 Å². The van der Waals surface area contributed by atoms with Crippen molar-refractivity contribution in [1.82, 2.24) is 0 Å². The van der Waals surface area contributed by atoms with Crippen LogP contribution in [0, 0.1) is 17.3 Å². The maximum Gasteiger partial charge on any atom is 0.138 e. The Hall–Kier alpha value is -0.330. The molecule has 0 saturated heterocycles. The zero-order chi connectivity index (χ0) is 20.7. The fourth-order valence-corrected chi connectivity index (χ4v) is 4.51. The van der Waals surface area contributed by atoms with Crippen molar-refractivity contribution < 1.29 is 4.79 Å². The topological polar surface area (TPSA) is 17.1 Å². The van der Waals surface area contributed by atoms with E-state index in [2.05, 4.69) is 6.92 Å². The van der Waals surface area contributed by atoms with E-state index in [-0.39, 0.29) is 5.41 Å². The third-order valence-corrected chi connectivity index (χ3v) is 6.81. The van der Waals surface area contributed by atoms with E-state index in [0.717, 1.165) is 24.7 Å². The lowest BCUT2D eigenvalue weighted by Crippen LogP contribution is -2.19. The number of Topliss-reactive ketones (excluding diaryl/α,β-unsaturated/α-hetero) is 1. The van der Waals surface area contributed by atoms with Crippen LogP contribution in [0.1, 0.15) is 150 Å². The Kier molecular flexibility index (Phi) is 14.2. The molecule has 1 aliphatic rings. The number of hydrogen-bond donors (Lipinski definition) is 0. The van der Waals surface area contributed by atoms with Crippen LogP contribution >= 0.6 is 0 Å². The molecule has 0 radical (unpaired) electrons. The van der Waals surface area contributed by atoms with Crippen LogP contribution < -0.4 is 0 Å². The SMILES string of the molecule is CCCCCCCCCCC1CC1CCCCCCCCCC(=O)C(C)(C)C. The van der Waals surface area contributed by atoms with Crippen molar-refractivity contribution in [2.24, 2.45) is 17.3 Å². The summed E-state index contributed by atoms with van der Waals surface area (Å²) in [5, 5.41) is 0. The summed E-state index contributed by atoms with van der Waals surface area (Å²) < 4.78 is 0. The van der Waals surface area contributed by atoms with Crippen molar-refractivity contribution in [1.29, 1.82) is 0 Å². The molecule has 2 atom stereocenters. The van der Waals surface area contributed by atoms with Gasteiger partial charge in [-0.2, -0.15) is 0 Å². The monoisotopic (exact) mass is 392 g/mol. The van der Waals surface area contributed by atoms with Crippen LogP contribution in [-0.4, -0.2) is 5.78 Å². The van der Waals surface area contributed by atoms with Crippen molar-refractivity contribution in [2.45, 2.75) is 150 Å². The Morgan fingerprint density at radius 2 is 1.04 bits per heavy atom. The fraction of sp³-hybridized carbons (Fsp3) is 0.963. The van der Waals surface area contributed by atoms with E-state index in [1.807, 2.05) is 20.8 Å². The first kappa shape index (κ1) is 25.7. The van der Waals surface area contributed by atoms with Gasteiger partial charge in [0.15, 0.2) is 0 Å². The van der Waals surface area contributed by atoms with Gasteiger partial charge in [0.25, 0.3) is 0 Å². The van der Waals surface area contributed by atoms with Gasteiger partial charge in [-0.05, 0) is 24.7 Å². The summed E-state index contributed by atoms with van der Waals surface area (Å²) in [5.41, 5.74) is -0.144. The Labute approximate surface area is 177 Å². The molecule has 0 aromatic carbocycles. The summed E-state index contributed by atoms with van der Waals surface area (Å²) in [7, 11) is 0. The highest BCUT2D eigenvalue weighted by Crippen LogP contribution is 2.45. The van der Waals surface area contributed by atoms with Crippen LogP contribution in [-0.2, 0) is 4.79 Å². The van der Waals surface area contributed by atoms with Crippen LogP contribution in [0.2, 0.25) is 0 Å². The van der Waals surface area contributed by atoms with E-state index in [1.165, 1.54) is 109 Å². The molecule has 0 aromatic heterocycles. The van der Waals surface area contributed by atoms with Gasteiger partial charge in [0, 0.05) is 11.8 Å². The average Bonchev–Trinajstić information content (AvgIpc) is 3.39. The summed E-state index contributed by atoms with van der Waals surface area (Å²) in [4.78, 5) is 11.9. The van der Waals surface area contributed by atoms with Gasteiger partial charge in [-0.1, -0.05) is 130 Å². The van der Waals surface area contributed by atoms with Gasteiger partial charge >= 0.3 is 0 Å². The normalized spacial score (nSPS) is 19.1.